The quantitative estimate of drug-likeness (QED) is 0.811. The molecule has 0 atom stereocenters. The van der Waals surface area contributed by atoms with E-state index in [0.29, 0.717) is 18.7 Å². The summed E-state index contributed by atoms with van der Waals surface area (Å²) in [7, 11) is -2.37. The summed E-state index contributed by atoms with van der Waals surface area (Å²) in [5.41, 5.74) is 0. The van der Waals surface area contributed by atoms with Crippen LogP contribution < -0.4 is 14.8 Å². The zero-order chi connectivity index (χ0) is 16.9. The summed E-state index contributed by atoms with van der Waals surface area (Å²) in [6.07, 6.45) is 4.58. The highest BCUT2D eigenvalue weighted by atomic mass is 32.2. The van der Waals surface area contributed by atoms with Gasteiger partial charge in [0.05, 0.1) is 18.6 Å². The molecule has 0 aromatic carbocycles. The van der Waals surface area contributed by atoms with Crippen LogP contribution in [0.15, 0.2) is 11.0 Å². The van der Waals surface area contributed by atoms with Crippen LogP contribution in [0.4, 0.5) is 4.79 Å². The number of nitrogens with one attached hydrogen (secondary N) is 2. The Morgan fingerprint density at radius 2 is 2.09 bits per heavy atom. The van der Waals surface area contributed by atoms with Crippen molar-refractivity contribution >= 4 is 16.1 Å². The van der Waals surface area contributed by atoms with E-state index in [0.717, 1.165) is 12.8 Å². The highest BCUT2D eigenvalue weighted by Gasteiger charge is 2.21. The van der Waals surface area contributed by atoms with Crippen LogP contribution in [0, 0.1) is 6.92 Å². The van der Waals surface area contributed by atoms with Gasteiger partial charge in [0.2, 0.25) is 0 Å². The maximum absolute atomic E-state index is 12.1. The molecule has 0 unspecified atom stereocenters. The first kappa shape index (κ1) is 17.1. The van der Waals surface area contributed by atoms with Gasteiger partial charge in [-0.15, -0.1) is 0 Å². The minimum absolute atomic E-state index is 0.0415. The molecule has 0 bridgehead atoms. The molecule has 9 nitrogen and oxygen atoms in total. The molecule has 1 heterocycles. The zero-order valence-corrected chi connectivity index (χ0v) is 13.8. The predicted octanol–water partition coefficient (Wildman–Crippen LogP) is 0.776. The molecule has 0 aliphatic heterocycles. The third-order valence-corrected chi connectivity index (χ3v) is 4.70. The maximum atomic E-state index is 12.1. The van der Waals surface area contributed by atoms with Crippen LogP contribution in [-0.4, -0.2) is 36.5 Å². The average Bonchev–Trinajstić information content (AvgIpc) is 2.53. The molecular weight excluding hydrogens is 322 g/mol. The number of aryl methyl sites for hydroxylation is 1. The molecule has 1 aliphatic rings. The summed E-state index contributed by atoms with van der Waals surface area (Å²) in [6.45, 7) is 1.62. The van der Waals surface area contributed by atoms with Crippen molar-refractivity contribution in [3.63, 3.8) is 0 Å². The summed E-state index contributed by atoms with van der Waals surface area (Å²) in [6, 6.07) is -0.691. The molecule has 0 radical (unpaired) electrons. The number of ether oxygens (including phenoxy) is 1. The van der Waals surface area contributed by atoms with Gasteiger partial charge in [-0.1, -0.05) is 6.08 Å². The van der Waals surface area contributed by atoms with Crippen LogP contribution in [0.2, 0.25) is 0 Å². The van der Waals surface area contributed by atoms with Gasteiger partial charge in [-0.05, 0) is 32.6 Å². The highest BCUT2D eigenvalue weighted by molar-refractivity contribution is 7.93. The maximum Gasteiger partial charge on any atom is 0.329 e. The lowest BCUT2D eigenvalue weighted by molar-refractivity contribution is 0.245. The fourth-order valence-corrected chi connectivity index (χ4v) is 3.31. The smallest absolute Gasteiger partial charge is 0.329 e. The van der Waals surface area contributed by atoms with E-state index in [4.69, 9.17) is 4.74 Å². The minimum Gasteiger partial charge on any atom is -0.467 e. The van der Waals surface area contributed by atoms with Crippen LogP contribution in [0.25, 0.3) is 0 Å². The molecular formula is C13H19N5O4S. The lowest BCUT2D eigenvalue weighted by Gasteiger charge is -2.14. The molecule has 23 heavy (non-hydrogen) atoms. The first-order valence-electron chi connectivity index (χ1n) is 7.16. The van der Waals surface area contributed by atoms with E-state index in [9.17, 15) is 13.2 Å². The molecule has 126 valence electrons. The second-order valence-electron chi connectivity index (χ2n) is 4.99. The van der Waals surface area contributed by atoms with Gasteiger partial charge in [-0.3, -0.25) is 0 Å². The van der Waals surface area contributed by atoms with Gasteiger partial charge in [0.15, 0.2) is 5.82 Å². The Morgan fingerprint density at radius 1 is 1.30 bits per heavy atom. The van der Waals surface area contributed by atoms with Gasteiger partial charge in [0.25, 0.3) is 10.0 Å². The summed E-state index contributed by atoms with van der Waals surface area (Å²) >= 11 is 0. The van der Waals surface area contributed by atoms with Gasteiger partial charge < -0.3 is 10.1 Å². The lowest BCUT2D eigenvalue weighted by atomic mass is 10.1. The average molecular weight is 341 g/mol. The summed E-state index contributed by atoms with van der Waals surface area (Å²) in [4.78, 5) is 24.0. The van der Waals surface area contributed by atoms with Crippen LogP contribution in [0.3, 0.4) is 0 Å². The van der Waals surface area contributed by atoms with E-state index < -0.39 is 16.1 Å². The number of allylic oxidation sites excluding steroid dienone is 2. The second kappa shape index (κ2) is 7.36. The van der Waals surface area contributed by atoms with E-state index in [1.807, 2.05) is 4.72 Å². The Balaban J connectivity index is 1.95. The Bertz CT molecular complexity index is 717. The van der Waals surface area contributed by atoms with E-state index in [1.54, 1.807) is 13.0 Å². The molecule has 2 N–H and O–H groups in total. The zero-order valence-electron chi connectivity index (χ0n) is 13.0. The molecule has 1 aliphatic carbocycles. The third-order valence-electron chi connectivity index (χ3n) is 3.18. The fraction of sp³-hybridized carbons (Fsp3) is 0.538. The predicted molar refractivity (Wildman–Crippen MR) is 82.0 cm³/mol. The van der Waals surface area contributed by atoms with Gasteiger partial charge in [0.1, 0.15) is 5.82 Å². The highest BCUT2D eigenvalue weighted by Crippen LogP contribution is 2.21. The number of sulfonamides is 1. The Hall–Kier alpha value is -2.23. The Kier molecular flexibility index (Phi) is 5.48. The standard InChI is InChI=1S/C13H19N5O4S/c1-9-15-11(17-13(16-9)22-2)8-14-12(19)18-23(20,21)10-6-4-3-5-7-10/h6H,3-5,7-8H2,1-2H3,(H2,14,18,19). The number of hydrogen-bond acceptors (Lipinski definition) is 7. The van der Waals surface area contributed by atoms with Crippen LogP contribution in [0.1, 0.15) is 37.3 Å². The van der Waals surface area contributed by atoms with Crippen LogP contribution >= 0.6 is 0 Å². The normalized spacial score (nSPS) is 14.8. The summed E-state index contributed by atoms with van der Waals surface area (Å²) in [5.74, 6) is 0.716. The molecule has 0 spiro atoms. The largest absolute Gasteiger partial charge is 0.467 e. The summed E-state index contributed by atoms with van der Waals surface area (Å²) < 4.78 is 31.0. The number of amides is 2. The lowest BCUT2D eigenvalue weighted by Crippen LogP contribution is -2.40. The van der Waals surface area contributed by atoms with Gasteiger partial charge >= 0.3 is 12.0 Å². The van der Waals surface area contributed by atoms with Gasteiger partial charge in [-0.2, -0.15) is 9.97 Å². The van der Waals surface area contributed by atoms with E-state index in [1.165, 1.54) is 7.11 Å². The number of carbonyl (C=O) groups is 1. The van der Waals surface area contributed by atoms with Crippen molar-refractivity contribution in [3.05, 3.63) is 22.6 Å². The molecule has 0 saturated heterocycles. The van der Waals surface area contributed by atoms with Crippen molar-refractivity contribution in [3.8, 4) is 6.01 Å². The van der Waals surface area contributed by atoms with Crippen molar-refractivity contribution in [2.75, 3.05) is 7.11 Å². The molecule has 10 heteroatoms. The number of methoxy groups -OCH3 is 1. The van der Waals surface area contributed by atoms with E-state index in [-0.39, 0.29) is 23.3 Å². The number of nitrogens with zero attached hydrogens (tertiary/aromatic N) is 3. The number of carbonyl (C=O) groups excluding carboxylic acids is 1. The topological polar surface area (TPSA) is 123 Å². The van der Waals surface area contributed by atoms with Crippen LogP contribution in [0.5, 0.6) is 6.01 Å². The number of aromatic nitrogens is 3. The van der Waals surface area contributed by atoms with Gasteiger partial charge in [0, 0.05) is 0 Å². The molecule has 1 aromatic rings. The van der Waals surface area contributed by atoms with Crippen molar-refractivity contribution in [1.82, 2.24) is 25.0 Å². The SMILES string of the molecule is COc1nc(C)nc(CNC(=O)NS(=O)(=O)C2=CCCCC2)n1. The molecule has 2 rings (SSSR count). The van der Waals surface area contributed by atoms with Crippen LogP contribution in [-0.2, 0) is 16.6 Å². The molecule has 2 amide bonds. The van der Waals surface area contributed by atoms with E-state index >= 15 is 0 Å². The Morgan fingerprint density at radius 3 is 2.74 bits per heavy atom. The van der Waals surface area contributed by atoms with Crippen molar-refractivity contribution in [1.29, 1.82) is 0 Å². The van der Waals surface area contributed by atoms with Crippen molar-refractivity contribution in [2.45, 2.75) is 39.2 Å². The second-order valence-corrected chi connectivity index (χ2v) is 6.73. The number of urea groups is 1. The van der Waals surface area contributed by atoms with Crippen molar-refractivity contribution < 1.29 is 17.9 Å². The fourth-order valence-electron chi connectivity index (χ4n) is 2.12. The first-order valence-corrected chi connectivity index (χ1v) is 8.64. The molecule has 1 aromatic heterocycles. The van der Waals surface area contributed by atoms with Gasteiger partial charge in [-0.25, -0.2) is 22.9 Å². The third kappa shape index (κ3) is 4.88. The Labute approximate surface area is 134 Å². The first-order chi connectivity index (χ1) is 10.9. The molecule has 0 saturated carbocycles. The monoisotopic (exact) mass is 341 g/mol. The molecule has 0 fully saturated rings. The number of hydrogen-bond donors (Lipinski definition) is 2. The van der Waals surface area contributed by atoms with E-state index in [2.05, 4.69) is 20.3 Å². The summed E-state index contributed by atoms with van der Waals surface area (Å²) in [5, 5.41) is 2.41. The number of rotatable bonds is 5. The minimum atomic E-state index is -3.79. The van der Waals surface area contributed by atoms with Crippen molar-refractivity contribution in [2.24, 2.45) is 0 Å².